The molecule has 1 nitrogen and oxygen atoms in total. The maximum absolute atomic E-state index is 13.3. The van der Waals surface area contributed by atoms with Crippen molar-refractivity contribution in [1.29, 1.82) is 0 Å². The molecular weight excluding hydrogens is 198 g/mol. The largest absolute Gasteiger partial charge is 0.388 e. The molecule has 2 rings (SSSR count). The van der Waals surface area contributed by atoms with Crippen molar-refractivity contribution in [2.24, 2.45) is 11.3 Å². The Morgan fingerprint density at radius 3 is 2.47 bits per heavy atom. The number of aliphatic hydroxyl groups is 1. The van der Waals surface area contributed by atoms with Crippen molar-refractivity contribution >= 4 is 0 Å². The highest BCUT2D eigenvalue weighted by atomic mass is 19.1. The van der Waals surface area contributed by atoms with Crippen molar-refractivity contribution in [1.82, 2.24) is 0 Å². The standard InChI is InChI=1S/C12H14F2O/c1-12(2)6-9(12)11(15)8-4-3-7(13)5-10(8)14/h3-5,9,11,15H,6H2,1-2H3. The number of hydrogen-bond acceptors (Lipinski definition) is 1. The van der Waals surface area contributed by atoms with Gasteiger partial charge in [-0.3, -0.25) is 0 Å². The topological polar surface area (TPSA) is 20.2 Å². The van der Waals surface area contributed by atoms with Gasteiger partial charge in [0.2, 0.25) is 0 Å². The van der Waals surface area contributed by atoms with Crippen LogP contribution in [0.4, 0.5) is 8.78 Å². The van der Waals surface area contributed by atoms with Crippen LogP contribution in [-0.2, 0) is 0 Å². The molecule has 2 atom stereocenters. The molecule has 0 saturated heterocycles. The second-order valence-corrected chi connectivity index (χ2v) is 4.91. The van der Waals surface area contributed by atoms with E-state index in [1.165, 1.54) is 12.1 Å². The first-order valence-corrected chi connectivity index (χ1v) is 5.05. The predicted octanol–water partition coefficient (Wildman–Crippen LogP) is 3.04. The number of rotatable bonds is 2. The van der Waals surface area contributed by atoms with Gasteiger partial charge in [0.25, 0.3) is 0 Å². The van der Waals surface area contributed by atoms with E-state index < -0.39 is 17.7 Å². The summed E-state index contributed by atoms with van der Waals surface area (Å²) in [4.78, 5) is 0. The maximum atomic E-state index is 13.3. The lowest BCUT2D eigenvalue weighted by Gasteiger charge is -2.13. The van der Waals surface area contributed by atoms with Gasteiger partial charge in [-0.1, -0.05) is 19.9 Å². The minimum Gasteiger partial charge on any atom is -0.388 e. The van der Waals surface area contributed by atoms with E-state index in [1.807, 2.05) is 13.8 Å². The number of halogens is 2. The average molecular weight is 212 g/mol. The van der Waals surface area contributed by atoms with Gasteiger partial charge in [-0.05, 0) is 23.8 Å². The molecule has 2 unspecified atom stereocenters. The van der Waals surface area contributed by atoms with Gasteiger partial charge in [-0.2, -0.15) is 0 Å². The first kappa shape index (κ1) is 10.6. The fourth-order valence-electron chi connectivity index (χ4n) is 2.00. The van der Waals surface area contributed by atoms with Gasteiger partial charge in [0.1, 0.15) is 11.6 Å². The summed E-state index contributed by atoms with van der Waals surface area (Å²) in [5.74, 6) is -1.19. The molecule has 1 aliphatic carbocycles. The predicted molar refractivity (Wildman–Crippen MR) is 53.2 cm³/mol. The Labute approximate surface area is 87.7 Å². The fraction of sp³-hybridized carbons (Fsp3) is 0.500. The summed E-state index contributed by atoms with van der Waals surface area (Å²) >= 11 is 0. The van der Waals surface area contributed by atoms with E-state index in [-0.39, 0.29) is 16.9 Å². The molecule has 82 valence electrons. The van der Waals surface area contributed by atoms with Gasteiger partial charge in [-0.25, -0.2) is 8.78 Å². The molecule has 1 aliphatic rings. The highest BCUT2D eigenvalue weighted by molar-refractivity contribution is 5.23. The molecular formula is C12H14F2O. The van der Waals surface area contributed by atoms with E-state index in [0.717, 1.165) is 12.5 Å². The molecule has 0 amide bonds. The van der Waals surface area contributed by atoms with Crippen LogP contribution in [0.15, 0.2) is 18.2 Å². The lowest BCUT2D eigenvalue weighted by atomic mass is 9.99. The summed E-state index contributed by atoms with van der Waals surface area (Å²) in [6, 6.07) is 3.31. The molecule has 0 aromatic heterocycles. The summed E-state index contributed by atoms with van der Waals surface area (Å²) in [7, 11) is 0. The molecule has 15 heavy (non-hydrogen) atoms. The molecule has 0 aliphatic heterocycles. The van der Waals surface area contributed by atoms with E-state index >= 15 is 0 Å². The van der Waals surface area contributed by atoms with Crippen LogP contribution in [-0.4, -0.2) is 5.11 Å². The molecule has 1 saturated carbocycles. The molecule has 1 aromatic rings. The van der Waals surface area contributed by atoms with Gasteiger partial charge in [0.15, 0.2) is 0 Å². The van der Waals surface area contributed by atoms with E-state index in [9.17, 15) is 13.9 Å². The second kappa shape index (κ2) is 3.27. The fourth-order valence-corrected chi connectivity index (χ4v) is 2.00. The van der Waals surface area contributed by atoms with Crippen molar-refractivity contribution in [2.45, 2.75) is 26.4 Å². The normalized spacial score (nSPS) is 25.0. The lowest BCUT2D eigenvalue weighted by Crippen LogP contribution is -2.07. The van der Waals surface area contributed by atoms with E-state index in [2.05, 4.69) is 0 Å². The Morgan fingerprint density at radius 1 is 1.40 bits per heavy atom. The molecule has 0 spiro atoms. The first-order valence-electron chi connectivity index (χ1n) is 5.05. The van der Waals surface area contributed by atoms with Crippen LogP contribution in [0.2, 0.25) is 0 Å². The van der Waals surface area contributed by atoms with Gasteiger partial charge in [0.05, 0.1) is 6.10 Å². The molecule has 0 bridgehead atoms. The Hall–Kier alpha value is -0.960. The number of benzene rings is 1. The Balaban J connectivity index is 2.23. The smallest absolute Gasteiger partial charge is 0.131 e. The van der Waals surface area contributed by atoms with Gasteiger partial charge < -0.3 is 5.11 Å². The summed E-state index contributed by atoms with van der Waals surface area (Å²) in [5, 5.41) is 9.91. The highest BCUT2D eigenvalue weighted by Crippen LogP contribution is 2.57. The zero-order chi connectivity index (χ0) is 11.2. The van der Waals surface area contributed by atoms with Crippen LogP contribution < -0.4 is 0 Å². The first-order chi connectivity index (χ1) is 6.92. The third-order valence-corrected chi connectivity index (χ3v) is 3.25. The third-order valence-electron chi connectivity index (χ3n) is 3.25. The van der Waals surface area contributed by atoms with Crippen LogP contribution >= 0.6 is 0 Å². The Morgan fingerprint density at radius 2 is 2.00 bits per heavy atom. The van der Waals surface area contributed by atoms with Crippen molar-refractivity contribution in [3.8, 4) is 0 Å². The Bertz CT molecular complexity index is 387. The monoisotopic (exact) mass is 212 g/mol. The van der Waals surface area contributed by atoms with E-state index in [0.29, 0.717) is 0 Å². The van der Waals surface area contributed by atoms with Gasteiger partial charge in [-0.15, -0.1) is 0 Å². The quantitative estimate of drug-likeness (QED) is 0.798. The molecule has 1 N–H and O–H groups in total. The molecule has 0 heterocycles. The third kappa shape index (κ3) is 1.88. The van der Waals surface area contributed by atoms with Crippen LogP contribution in [0.3, 0.4) is 0 Å². The van der Waals surface area contributed by atoms with Crippen molar-refractivity contribution in [3.63, 3.8) is 0 Å². The van der Waals surface area contributed by atoms with Crippen LogP contribution in [0.25, 0.3) is 0 Å². The van der Waals surface area contributed by atoms with Crippen LogP contribution in [0, 0.1) is 23.0 Å². The van der Waals surface area contributed by atoms with E-state index in [1.54, 1.807) is 0 Å². The van der Waals surface area contributed by atoms with Crippen molar-refractivity contribution in [3.05, 3.63) is 35.4 Å². The van der Waals surface area contributed by atoms with E-state index in [4.69, 9.17) is 0 Å². The SMILES string of the molecule is CC1(C)CC1C(O)c1ccc(F)cc1F. The summed E-state index contributed by atoms with van der Waals surface area (Å²) in [5.41, 5.74) is 0.271. The summed E-state index contributed by atoms with van der Waals surface area (Å²) in [6.07, 6.45) is 0.0611. The molecule has 1 fully saturated rings. The minimum atomic E-state index is -0.819. The van der Waals surface area contributed by atoms with Gasteiger partial charge >= 0.3 is 0 Å². The summed E-state index contributed by atoms with van der Waals surface area (Å²) < 4.78 is 26.0. The highest BCUT2D eigenvalue weighted by Gasteiger charge is 2.50. The second-order valence-electron chi connectivity index (χ2n) is 4.91. The number of aliphatic hydroxyl groups excluding tert-OH is 1. The molecule has 3 heteroatoms. The lowest BCUT2D eigenvalue weighted by molar-refractivity contribution is 0.134. The van der Waals surface area contributed by atoms with Crippen LogP contribution in [0.5, 0.6) is 0 Å². The molecule has 0 radical (unpaired) electrons. The zero-order valence-corrected chi connectivity index (χ0v) is 8.80. The maximum Gasteiger partial charge on any atom is 0.131 e. The van der Waals surface area contributed by atoms with Crippen molar-refractivity contribution in [2.75, 3.05) is 0 Å². The van der Waals surface area contributed by atoms with Gasteiger partial charge in [0, 0.05) is 11.6 Å². The van der Waals surface area contributed by atoms with Crippen molar-refractivity contribution < 1.29 is 13.9 Å². The zero-order valence-electron chi connectivity index (χ0n) is 8.80. The summed E-state index contributed by atoms with van der Waals surface area (Å²) in [6.45, 7) is 4.06. The minimum absolute atomic E-state index is 0.0697. The molecule has 1 aromatic carbocycles. The number of hydrogen-bond donors (Lipinski definition) is 1. The average Bonchev–Trinajstić information content (AvgIpc) is 2.74. The van der Waals surface area contributed by atoms with Crippen LogP contribution in [0.1, 0.15) is 31.9 Å². The Kier molecular flexibility index (Phi) is 2.30.